The number of nitrogens with zero attached hydrogens (tertiary/aromatic N) is 2. The van der Waals surface area contributed by atoms with E-state index in [-0.39, 0.29) is 10.6 Å². The summed E-state index contributed by atoms with van der Waals surface area (Å²) in [5.74, 6) is 0. The van der Waals surface area contributed by atoms with Crippen LogP contribution in [0.3, 0.4) is 0 Å². The minimum Gasteiger partial charge on any atom is -0.383 e. The van der Waals surface area contributed by atoms with E-state index in [0.717, 1.165) is 24.2 Å². The molecule has 2 aromatic rings. The number of pyridine rings is 1. The Bertz CT molecular complexity index is 640. The van der Waals surface area contributed by atoms with Crippen LogP contribution in [0.25, 0.3) is 10.8 Å². The molecule has 0 radical (unpaired) electrons. The fraction of sp³-hybridized carbons (Fsp3) is 0.357. The summed E-state index contributed by atoms with van der Waals surface area (Å²) in [6, 6.07) is 5.66. The van der Waals surface area contributed by atoms with Gasteiger partial charge in [-0.1, -0.05) is 0 Å². The Labute approximate surface area is 116 Å². The number of rotatable bonds is 6. The van der Waals surface area contributed by atoms with Gasteiger partial charge in [0.15, 0.2) is 0 Å². The molecule has 2 N–H and O–H groups in total. The van der Waals surface area contributed by atoms with E-state index >= 15 is 0 Å². The summed E-state index contributed by atoms with van der Waals surface area (Å²) in [5, 5.41) is 19.2. The summed E-state index contributed by atoms with van der Waals surface area (Å²) in [7, 11) is 0. The smallest absolute Gasteiger partial charge is 0.277 e. The Balaban J connectivity index is 1.79. The molecule has 6 heteroatoms. The van der Waals surface area contributed by atoms with Crippen molar-refractivity contribution in [2.75, 3.05) is 18.4 Å². The maximum absolute atomic E-state index is 11.0. The summed E-state index contributed by atoms with van der Waals surface area (Å²) in [4.78, 5) is 14.7. The van der Waals surface area contributed by atoms with Gasteiger partial charge in [0.25, 0.3) is 5.69 Å². The maximum Gasteiger partial charge on any atom is 0.277 e. The number of nitro benzene ring substituents is 1. The molecule has 0 atom stereocenters. The highest BCUT2D eigenvalue weighted by Gasteiger charge is 2.19. The SMILES string of the molecule is O=[N+]([O-])c1ccc(NCCNC2CC2)c2cnccc12. The number of hydrogen-bond donors (Lipinski definition) is 2. The normalized spacial score (nSPS) is 14.4. The van der Waals surface area contributed by atoms with E-state index in [9.17, 15) is 10.1 Å². The lowest BCUT2D eigenvalue weighted by Gasteiger charge is -2.10. The van der Waals surface area contributed by atoms with E-state index in [1.165, 1.54) is 12.8 Å². The van der Waals surface area contributed by atoms with Crippen LogP contribution >= 0.6 is 0 Å². The van der Waals surface area contributed by atoms with Crippen molar-refractivity contribution < 1.29 is 4.92 Å². The number of hydrogen-bond acceptors (Lipinski definition) is 5. The molecule has 3 rings (SSSR count). The minimum absolute atomic E-state index is 0.115. The predicted molar refractivity (Wildman–Crippen MR) is 77.9 cm³/mol. The van der Waals surface area contributed by atoms with Gasteiger partial charge in [-0.3, -0.25) is 15.1 Å². The highest BCUT2D eigenvalue weighted by molar-refractivity contribution is 5.99. The third kappa shape index (κ3) is 2.70. The van der Waals surface area contributed by atoms with E-state index < -0.39 is 0 Å². The highest BCUT2D eigenvalue weighted by Crippen LogP contribution is 2.30. The average molecular weight is 272 g/mol. The minimum atomic E-state index is -0.360. The Kier molecular flexibility index (Phi) is 3.47. The molecule has 1 heterocycles. The molecule has 1 aromatic heterocycles. The number of fused-ring (bicyclic) bond motifs is 1. The average Bonchev–Trinajstić information content (AvgIpc) is 3.27. The van der Waals surface area contributed by atoms with Crippen molar-refractivity contribution in [1.82, 2.24) is 10.3 Å². The first kappa shape index (κ1) is 12.8. The van der Waals surface area contributed by atoms with Crippen LogP contribution in [0.1, 0.15) is 12.8 Å². The molecule has 1 fully saturated rings. The zero-order valence-electron chi connectivity index (χ0n) is 11.0. The lowest BCUT2D eigenvalue weighted by Crippen LogP contribution is -2.23. The van der Waals surface area contributed by atoms with E-state index in [1.807, 2.05) is 0 Å². The van der Waals surface area contributed by atoms with Gasteiger partial charge in [-0.2, -0.15) is 0 Å². The number of aromatic nitrogens is 1. The summed E-state index contributed by atoms with van der Waals surface area (Å²) < 4.78 is 0. The molecule has 20 heavy (non-hydrogen) atoms. The fourth-order valence-corrected chi connectivity index (χ4v) is 2.25. The highest BCUT2D eigenvalue weighted by atomic mass is 16.6. The quantitative estimate of drug-likeness (QED) is 0.479. The van der Waals surface area contributed by atoms with E-state index in [2.05, 4.69) is 15.6 Å². The molecule has 0 amide bonds. The number of non-ortho nitro benzene ring substituents is 1. The number of nitro groups is 1. The topological polar surface area (TPSA) is 80.1 Å². The Morgan fingerprint density at radius 1 is 1.25 bits per heavy atom. The standard InChI is InChI=1S/C14H16N4O2/c19-18(20)14-4-3-13(12-9-15-6-5-11(12)14)17-8-7-16-10-1-2-10/h3-6,9-10,16-17H,1-2,7-8H2. The summed E-state index contributed by atoms with van der Waals surface area (Å²) in [6.45, 7) is 1.68. The van der Waals surface area contributed by atoms with Crippen LogP contribution in [0.4, 0.5) is 11.4 Å². The molecule has 0 saturated heterocycles. The van der Waals surface area contributed by atoms with Crippen LogP contribution < -0.4 is 10.6 Å². The Hall–Kier alpha value is -2.21. The van der Waals surface area contributed by atoms with Crippen molar-refractivity contribution in [3.05, 3.63) is 40.7 Å². The molecule has 1 aromatic carbocycles. The first-order valence-electron chi connectivity index (χ1n) is 6.74. The second-order valence-corrected chi connectivity index (χ2v) is 4.97. The van der Waals surface area contributed by atoms with E-state index in [4.69, 9.17) is 0 Å². The first-order chi connectivity index (χ1) is 9.75. The van der Waals surface area contributed by atoms with Crippen LogP contribution in [0.15, 0.2) is 30.6 Å². The van der Waals surface area contributed by atoms with Gasteiger partial charge in [0.05, 0.1) is 10.3 Å². The molecule has 0 bridgehead atoms. The van der Waals surface area contributed by atoms with Crippen molar-refractivity contribution in [2.24, 2.45) is 0 Å². The molecule has 104 valence electrons. The molecule has 1 aliphatic carbocycles. The zero-order valence-corrected chi connectivity index (χ0v) is 11.0. The van der Waals surface area contributed by atoms with Crippen molar-refractivity contribution in [3.63, 3.8) is 0 Å². The number of nitrogens with one attached hydrogen (secondary N) is 2. The third-order valence-electron chi connectivity index (χ3n) is 3.44. The van der Waals surface area contributed by atoms with Gasteiger partial charge < -0.3 is 10.6 Å². The van der Waals surface area contributed by atoms with Crippen LogP contribution in [0.2, 0.25) is 0 Å². The monoisotopic (exact) mass is 272 g/mol. The maximum atomic E-state index is 11.0. The lowest BCUT2D eigenvalue weighted by molar-refractivity contribution is -0.383. The fourth-order valence-electron chi connectivity index (χ4n) is 2.25. The second kappa shape index (κ2) is 5.42. The van der Waals surface area contributed by atoms with Crippen LogP contribution in [-0.2, 0) is 0 Å². The van der Waals surface area contributed by atoms with Crippen LogP contribution in [-0.4, -0.2) is 29.0 Å². The molecule has 1 saturated carbocycles. The van der Waals surface area contributed by atoms with Crippen molar-refractivity contribution >= 4 is 22.1 Å². The van der Waals surface area contributed by atoms with E-state index in [1.54, 1.807) is 30.6 Å². The second-order valence-electron chi connectivity index (χ2n) is 4.97. The zero-order chi connectivity index (χ0) is 13.9. The predicted octanol–water partition coefficient (Wildman–Crippen LogP) is 2.31. The van der Waals surface area contributed by atoms with Gasteiger partial charge in [-0.05, 0) is 25.0 Å². The van der Waals surface area contributed by atoms with E-state index in [0.29, 0.717) is 11.4 Å². The van der Waals surface area contributed by atoms with Crippen LogP contribution in [0, 0.1) is 10.1 Å². The molecular formula is C14H16N4O2. The van der Waals surface area contributed by atoms with Gasteiger partial charge in [-0.15, -0.1) is 0 Å². The summed E-state index contributed by atoms with van der Waals surface area (Å²) in [6.07, 6.45) is 5.78. The Morgan fingerprint density at radius 3 is 2.85 bits per heavy atom. The van der Waals surface area contributed by atoms with Crippen molar-refractivity contribution in [1.29, 1.82) is 0 Å². The molecule has 0 unspecified atom stereocenters. The number of benzene rings is 1. The molecule has 6 nitrogen and oxygen atoms in total. The van der Waals surface area contributed by atoms with Gasteiger partial charge in [-0.25, -0.2) is 0 Å². The third-order valence-corrected chi connectivity index (χ3v) is 3.44. The molecule has 0 aliphatic heterocycles. The molecule has 1 aliphatic rings. The van der Waals surface area contributed by atoms with Gasteiger partial charge in [0.2, 0.25) is 0 Å². The molecular weight excluding hydrogens is 256 g/mol. The summed E-state index contributed by atoms with van der Waals surface area (Å²) >= 11 is 0. The van der Waals surface area contributed by atoms with Gasteiger partial charge in [0, 0.05) is 48.7 Å². The van der Waals surface area contributed by atoms with Crippen molar-refractivity contribution in [3.8, 4) is 0 Å². The summed E-state index contributed by atoms with van der Waals surface area (Å²) in [5.41, 5.74) is 1.00. The lowest BCUT2D eigenvalue weighted by atomic mass is 10.1. The van der Waals surface area contributed by atoms with Gasteiger partial charge in [0.1, 0.15) is 0 Å². The number of anilines is 1. The largest absolute Gasteiger partial charge is 0.383 e. The molecule has 0 spiro atoms. The van der Waals surface area contributed by atoms with Gasteiger partial charge >= 0.3 is 0 Å². The van der Waals surface area contributed by atoms with Crippen LogP contribution in [0.5, 0.6) is 0 Å². The Morgan fingerprint density at radius 2 is 2.10 bits per heavy atom. The van der Waals surface area contributed by atoms with Crippen molar-refractivity contribution in [2.45, 2.75) is 18.9 Å². The first-order valence-corrected chi connectivity index (χ1v) is 6.74.